The van der Waals surface area contributed by atoms with E-state index >= 15 is 0 Å². The fraction of sp³-hybridized carbons (Fsp3) is 0.261. The van der Waals surface area contributed by atoms with Gasteiger partial charge in [-0.05, 0) is 48.9 Å². The number of fused-ring (bicyclic) bond motifs is 1. The minimum atomic E-state index is -3.69. The van der Waals surface area contributed by atoms with E-state index in [2.05, 4.69) is 4.98 Å². The standard InChI is InChI=1S/C23H22N4O3S/c1-17-15-26(23(16-28)21-4-2-6-22-20(21)5-3-11-25-22)12-13-27(17)31(29,30)19-9-7-18(14-24)8-10-19/h2-11,16-17,23H,12-13,15H2,1H3/t17-,23?/m0/s1. The normalized spacial score (nSPS) is 19.0. The predicted molar refractivity (Wildman–Crippen MR) is 117 cm³/mol. The van der Waals surface area contributed by atoms with Crippen molar-refractivity contribution in [3.63, 3.8) is 0 Å². The zero-order chi connectivity index (χ0) is 22.0. The summed E-state index contributed by atoms with van der Waals surface area (Å²) in [6, 6.07) is 16.6. The summed E-state index contributed by atoms with van der Waals surface area (Å²) in [5.74, 6) is 0. The summed E-state index contributed by atoms with van der Waals surface area (Å²) in [4.78, 5) is 18.6. The number of carbonyl (C=O) groups excluding carboxylic acids is 1. The van der Waals surface area contributed by atoms with Gasteiger partial charge < -0.3 is 4.79 Å². The van der Waals surface area contributed by atoms with Crippen molar-refractivity contribution < 1.29 is 13.2 Å². The van der Waals surface area contributed by atoms with E-state index in [0.29, 0.717) is 18.7 Å². The molecule has 0 amide bonds. The Kier molecular flexibility index (Phi) is 5.83. The van der Waals surface area contributed by atoms with Crippen molar-refractivity contribution in [1.82, 2.24) is 14.2 Å². The van der Waals surface area contributed by atoms with Crippen LogP contribution >= 0.6 is 0 Å². The molecular weight excluding hydrogens is 412 g/mol. The molecule has 1 saturated heterocycles. The van der Waals surface area contributed by atoms with E-state index in [4.69, 9.17) is 5.26 Å². The summed E-state index contributed by atoms with van der Waals surface area (Å²) in [6.45, 7) is 2.98. The predicted octanol–water partition coefficient (Wildman–Crippen LogP) is 2.74. The molecule has 0 aliphatic carbocycles. The third-order valence-corrected chi connectivity index (χ3v) is 7.74. The number of pyridine rings is 1. The van der Waals surface area contributed by atoms with Crippen LogP contribution in [0.1, 0.15) is 24.1 Å². The molecule has 31 heavy (non-hydrogen) atoms. The molecule has 0 N–H and O–H groups in total. The Balaban J connectivity index is 1.58. The first-order valence-corrected chi connectivity index (χ1v) is 11.4. The van der Waals surface area contributed by atoms with E-state index in [1.165, 1.54) is 28.6 Å². The van der Waals surface area contributed by atoms with Crippen LogP contribution in [-0.4, -0.2) is 54.6 Å². The monoisotopic (exact) mass is 434 g/mol. The molecule has 158 valence electrons. The number of piperazine rings is 1. The Morgan fingerprint density at radius 1 is 1.13 bits per heavy atom. The van der Waals surface area contributed by atoms with Crippen molar-refractivity contribution in [2.24, 2.45) is 0 Å². The fourth-order valence-corrected chi connectivity index (χ4v) is 5.77. The van der Waals surface area contributed by atoms with Gasteiger partial charge >= 0.3 is 0 Å². The van der Waals surface area contributed by atoms with E-state index in [0.717, 1.165) is 22.8 Å². The summed E-state index contributed by atoms with van der Waals surface area (Å²) in [6.07, 6.45) is 2.64. The minimum absolute atomic E-state index is 0.166. The first-order chi connectivity index (χ1) is 15.0. The van der Waals surface area contributed by atoms with Gasteiger partial charge in [0, 0.05) is 37.3 Å². The minimum Gasteiger partial charge on any atom is -0.301 e. The van der Waals surface area contributed by atoms with Gasteiger partial charge in [-0.25, -0.2) is 8.42 Å². The molecule has 1 aliphatic heterocycles. The molecule has 1 unspecified atom stereocenters. The number of carbonyl (C=O) groups is 1. The second kappa shape index (κ2) is 8.55. The topological polar surface area (TPSA) is 94.4 Å². The lowest BCUT2D eigenvalue weighted by atomic mass is 10.00. The Hall–Kier alpha value is -3.12. The highest BCUT2D eigenvalue weighted by atomic mass is 32.2. The number of nitrogens with zero attached hydrogens (tertiary/aromatic N) is 4. The van der Waals surface area contributed by atoms with E-state index in [9.17, 15) is 13.2 Å². The Labute approximate surface area is 181 Å². The molecule has 7 nitrogen and oxygen atoms in total. The molecule has 1 aromatic heterocycles. The van der Waals surface area contributed by atoms with E-state index < -0.39 is 16.1 Å². The van der Waals surface area contributed by atoms with Crippen molar-refractivity contribution in [1.29, 1.82) is 5.26 Å². The van der Waals surface area contributed by atoms with E-state index in [1.54, 1.807) is 6.20 Å². The van der Waals surface area contributed by atoms with Gasteiger partial charge in [-0.3, -0.25) is 9.88 Å². The van der Waals surface area contributed by atoms with Crippen molar-refractivity contribution >= 4 is 27.2 Å². The van der Waals surface area contributed by atoms with Crippen molar-refractivity contribution in [3.8, 4) is 6.07 Å². The van der Waals surface area contributed by atoms with Crippen LogP contribution in [0.5, 0.6) is 0 Å². The molecule has 0 bridgehead atoms. The zero-order valence-corrected chi connectivity index (χ0v) is 17.9. The van der Waals surface area contributed by atoms with E-state index in [1.807, 2.05) is 48.2 Å². The summed E-state index contributed by atoms with van der Waals surface area (Å²) < 4.78 is 27.7. The van der Waals surface area contributed by atoms with Crippen LogP contribution in [0.25, 0.3) is 10.9 Å². The first-order valence-electron chi connectivity index (χ1n) is 10.0. The van der Waals surface area contributed by atoms with E-state index in [-0.39, 0.29) is 17.5 Å². The number of aromatic nitrogens is 1. The highest BCUT2D eigenvalue weighted by Crippen LogP contribution is 2.30. The molecule has 0 radical (unpaired) electrons. The smallest absolute Gasteiger partial charge is 0.243 e. The maximum atomic E-state index is 13.1. The Morgan fingerprint density at radius 2 is 1.90 bits per heavy atom. The SMILES string of the molecule is C[C@H]1CN(C(C=O)c2cccc3ncccc23)CCN1S(=O)(=O)c1ccc(C#N)cc1. The van der Waals surface area contributed by atoms with Gasteiger partial charge in [0.05, 0.1) is 28.1 Å². The summed E-state index contributed by atoms with van der Waals surface area (Å²) in [5, 5.41) is 9.86. The van der Waals surface area contributed by atoms with Gasteiger partial charge in [0.15, 0.2) is 0 Å². The molecule has 2 atom stereocenters. The van der Waals surface area contributed by atoms with Crippen LogP contribution in [0.4, 0.5) is 0 Å². The number of nitriles is 1. The average molecular weight is 435 g/mol. The number of rotatable bonds is 5. The quantitative estimate of drug-likeness (QED) is 0.573. The van der Waals surface area contributed by atoms with Crippen LogP contribution in [0.3, 0.4) is 0 Å². The largest absolute Gasteiger partial charge is 0.301 e. The van der Waals surface area contributed by atoms with Gasteiger partial charge in [0.2, 0.25) is 10.0 Å². The second-order valence-corrected chi connectivity index (χ2v) is 9.48. The number of benzene rings is 2. The van der Waals surface area contributed by atoms with Crippen LogP contribution < -0.4 is 0 Å². The van der Waals surface area contributed by atoms with Crippen molar-refractivity contribution in [2.45, 2.75) is 23.9 Å². The Bertz CT molecular complexity index is 1250. The first kappa shape index (κ1) is 21.1. The number of aldehydes is 1. The number of hydrogen-bond donors (Lipinski definition) is 0. The molecule has 0 spiro atoms. The second-order valence-electron chi connectivity index (χ2n) is 7.59. The molecule has 0 saturated carbocycles. The van der Waals surface area contributed by atoms with Gasteiger partial charge in [-0.15, -0.1) is 0 Å². The molecule has 1 aliphatic rings. The third kappa shape index (κ3) is 3.95. The average Bonchev–Trinajstić information content (AvgIpc) is 2.79. The van der Waals surface area contributed by atoms with Crippen LogP contribution in [0.2, 0.25) is 0 Å². The summed E-state index contributed by atoms with van der Waals surface area (Å²) >= 11 is 0. The van der Waals surface area contributed by atoms with Gasteiger partial charge in [0.1, 0.15) is 6.29 Å². The van der Waals surface area contributed by atoms with Crippen molar-refractivity contribution in [3.05, 3.63) is 71.9 Å². The molecule has 1 fully saturated rings. The third-order valence-electron chi connectivity index (χ3n) is 5.71. The lowest BCUT2D eigenvalue weighted by molar-refractivity contribution is -0.113. The highest BCUT2D eigenvalue weighted by Gasteiger charge is 2.36. The van der Waals surface area contributed by atoms with Crippen LogP contribution in [-0.2, 0) is 14.8 Å². The maximum Gasteiger partial charge on any atom is 0.243 e. The van der Waals surface area contributed by atoms with Crippen molar-refractivity contribution in [2.75, 3.05) is 19.6 Å². The Morgan fingerprint density at radius 3 is 2.58 bits per heavy atom. The number of sulfonamides is 1. The van der Waals surface area contributed by atoms with Gasteiger partial charge in [0.25, 0.3) is 0 Å². The van der Waals surface area contributed by atoms with Gasteiger partial charge in [-0.1, -0.05) is 18.2 Å². The molecule has 2 heterocycles. The highest BCUT2D eigenvalue weighted by molar-refractivity contribution is 7.89. The summed E-state index contributed by atoms with van der Waals surface area (Å²) in [5.41, 5.74) is 2.10. The fourth-order valence-electron chi connectivity index (χ4n) is 4.16. The lowest BCUT2D eigenvalue weighted by Crippen LogP contribution is -2.54. The van der Waals surface area contributed by atoms with Crippen LogP contribution in [0.15, 0.2) is 65.7 Å². The molecule has 8 heteroatoms. The maximum absolute atomic E-state index is 13.1. The summed E-state index contributed by atoms with van der Waals surface area (Å²) in [7, 11) is -3.69. The molecule has 3 aromatic rings. The molecule has 2 aromatic carbocycles. The molecular formula is C23H22N4O3S. The molecule has 4 rings (SSSR count). The van der Waals surface area contributed by atoms with Crippen LogP contribution in [0, 0.1) is 11.3 Å². The zero-order valence-electron chi connectivity index (χ0n) is 17.0. The lowest BCUT2D eigenvalue weighted by Gasteiger charge is -2.41. The number of hydrogen-bond acceptors (Lipinski definition) is 6. The van der Waals surface area contributed by atoms with Gasteiger partial charge in [-0.2, -0.15) is 9.57 Å².